The van der Waals surface area contributed by atoms with Gasteiger partial charge in [-0.2, -0.15) is 0 Å². The molecule has 1 N–H and O–H groups in total. The third-order valence-corrected chi connectivity index (χ3v) is 8.20. The van der Waals surface area contributed by atoms with Crippen molar-refractivity contribution in [2.45, 2.75) is 105 Å². The lowest BCUT2D eigenvalue weighted by atomic mass is 9.49. The van der Waals surface area contributed by atoms with Crippen LogP contribution < -0.4 is 0 Å². The van der Waals surface area contributed by atoms with Gasteiger partial charge in [-0.25, -0.2) is 0 Å². The number of aliphatic hydroxyl groups is 1. The fraction of sp³-hybridized carbons (Fsp3) is 0.917. The van der Waals surface area contributed by atoms with Crippen molar-refractivity contribution >= 4 is 0 Å². The van der Waals surface area contributed by atoms with Crippen molar-refractivity contribution in [3.05, 3.63) is 12.7 Å². The van der Waals surface area contributed by atoms with Gasteiger partial charge in [0.25, 0.3) is 0 Å². The Kier molecular flexibility index (Phi) is 5.90. The number of fused-ring (bicyclic) bond motifs is 1. The van der Waals surface area contributed by atoms with Gasteiger partial charge in [-0.15, -0.1) is 6.58 Å². The number of hydrogen-bond donors (Lipinski definition) is 1. The maximum Gasteiger partial charge on any atom is 0.0625 e. The fourth-order valence-electron chi connectivity index (χ4n) is 6.77. The molecule has 5 atom stereocenters. The van der Waals surface area contributed by atoms with Crippen LogP contribution in [0, 0.1) is 34.0 Å². The predicted molar refractivity (Wildman–Crippen MR) is 110 cm³/mol. The molecular formula is C24H44O. The van der Waals surface area contributed by atoms with Gasteiger partial charge in [0.1, 0.15) is 0 Å². The summed E-state index contributed by atoms with van der Waals surface area (Å²) in [6.07, 6.45) is 11.8. The van der Waals surface area contributed by atoms with Crippen LogP contribution in [0.1, 0.15) is 99.8 Å². The predicted octanol–water partition coefficient (Wildman–Crippen LogP) is 7.00. The maximum atomic E-state index is 10.9. The first kappa shape index (κ1) is 21.0. The summed E-state index contributed by atoms with van der Waals surface area (Å²) in [4.78, 5) is 0. The van der Waals surface area contributed by atoms with Gasteiger partial charge in [-0.1, -0.05) is 54.0 Å². The maximum absolute atomic E-state index is 10.9. The Balaban J connectivity index is 2.35. The molecule has 2 aliphatic rings. The summed E-state index contributed by atoms with van der Waals surface area (Å²) < 4.78 is 0. The molecule has 0 heterocycles. The molecule has 1 heteroatoms. The standard InChI is InChI=1S/C24H44O/c1-9-18-11-12-20-22(5,6)17-23(7,25)15-16-24(20,8)19(18)13-14-21(3,4)10-2/h10,18-20,25H,2,9,11-17H2,1,3-8H3. The van der Waals surface area contributed by atoms with E-state index in [0.717, 1.165) is 30.6 Å². The minimum absolute atomic E-state index is 0.222. The summed E-state index contributed by atoms with van der Waals surface area (Å²) >= 11 is 0. The van der Waals surface area contributed by atoms with Crippen LogP contribution in [0.15, 0.2) is 12.7 Å². The Hall–Kier alpha value is -0.300. The van der Waals surface area contributed by atoms with Crippen molar-refractivity contribution in [2.24, 2.45) is 34.0 Å². The first-order valence-electron chi connectivity index (χ1n) is 10.7. The van der Waals surface area contributed by atoms with Gasteiger partial charge in [0.15, 0.2) is 0 Å². The molecule has 0 saturated heterocycles. The minimum atomic E-state index is -0.503. The van der Waals surface area contributed by atoms with Crippen molar-refractivity contribution in [1.82, 2.24) is 0 Å². The molecule has 2 saturated carbocycles. The van der Waals surface area contributed by atoms with E-state index in [2.05, 4.69) is 61.1 Å². The number of allylic oxidation sites excluding steroid dienone is 1. The van der Waals surface area contributed by atoms with Crippen molar-refractivity contribution in [3.8, 4) is 0 Å². The summed E-state index contributed by atoms with van der Waals surface area (Å²) in [6, 6.07) is 0. The summed E-state index contributed by atoms with van der Waals surface area (Å²) in [7, 11) is 0. The summed E-state index contributed by atoms with van der Waals surface area (Å²) in [5.74, 6) is 2.36. The second-order valence-electron chi connectivity index (χ2n) is 11.3. The lowest BCUT2D eigenvalue weighted by Crippen LogP contribution is -2.48. The molecule has 0 amide bonds. The summed E-state index contributed by atoms with van der Waals surface area (Å²) in [6.45, 7) is 20.6. The lowest BCUT2D eigenvalue weighted by Gasteiger charge is -2.56. The second kappa shape index (κ2) is 7.02. The molecule has 2 aliphatic carbocycles. The van der Waals surface area contributed by atoms with Crippen LogP contribution in [0.2, 0.25) is 0 Å². The molecule has 25 heavy (non-hydrogen) atoms. The van der Waals surface area contributed by atoms with Crippen molar-refractivity contribution in [3.63, 3.8) is 0 Å². The average Bonchev–Trinajstić information content (AvgIpc) is 2.57. The number of rotatable bonds is 5. The third-order valence-electron chi connectivity index (χ3n) is 8.20. The Labute approximate surface area is 157 Å². The van der Waals surface area contributed by atoms with Crippen LogP contribution in [0.4, 0.5) is 0 Å². The van der Waals surface area contributed by atoms with E-state index in [0.29, 0.717) is 5.41 Å². The third kappa shape index (κ3) is 4.34. The molecule has 5 unspecified atom stereocenters. The van der Waals surface area contributed by atoms with Crippen molar-refractivity contribution < 1.29 is 5.11 Å². The quantitative estimate of drug-likeness (QED) is 0.530. The van der Waals surface area contributed by atoms with Crippen molar-refractivity contribution in [1.29, 1.82) is 0 Å². The van der Waals surface area contributed by atoms with Crippen LogP contribution >= 0.6 is 0 Å². The zero-order chi connectivity index (χ0) is 19.1. The molecular weight excluding hydrogens is 304 g/mol. The highest BCUT2D eigenvalue weighted by Crippen LogP contribution is 2.62. The van der Waals surface area contributed by atoms with Crippen LogP contribution in [-0.2, 0) is 0 Å². The molecule has 1 nitrogen and oxygen atoms in total. The van der Waals surface area contributed by atoms with Crippen LogP contribution in [0.25, 0.3) is 0 Å². The van der Waals surface area contributed by atoms with Gasteiger partial charge >= 0.3 is 0 Å². The normalized spacial score (nSPS) is 41.7. The summed E-state index contributed by atoms with van der Waals surface area (Å²) in [5.41, 5.74) is 0.309. The molecule has 0 aliphatic heterocycles. The zero-order valence-electron chi connectivity index (χ0n) is 18.1. The van der Waals surface area contributed by atoms with E-state index in [1.165, 1.54) is 38.5 Å². The van der Waals surface area contributed by atoms with E-state index >= 15 is 0 Å². The molecule has 2 rings (SSSR count). The Morgan fingerprint density at radius 1 is 1.12 bits per heavy atom. The van der Waals surface area contributed by atoms with Crippen LogP contribution in [0.5, 0.6) is 0 Å². The highest BCUT2D eigenvalue weighted by molar-refractivity contribution is 5.05. The number of hydrogen-bond acceptors (Lipinski definition) is 1. The lowest BCUT2D eigenvalue weighted by molar-refractivity contribution is -0.0695. The monoisotopic (exact) mass is 348 g/mol. The highest BCUT2D eigenvalue weighted by Gasteiger charge is 2.55. The zero-order valence-corrected chi connectivity index (χ0v) is 18.1. The molecule has 0 aromatic heterocycles. The van der Waals surface area contributed by atoms with Gasteiger partial charge in [0.2, 0.25) is 0 Å². The topological polar surface area (TPSA) is 20.2 Å². The Bertz CT molecular complexity index is 472. The first-order chi connectivity index (χ1) is 11.4. The van der Waals surface area contributed by atoms with Gasteiger partial charge in [0, 0.05) is 0 Å². The first-order valence-corrected chi connectivity index (χ1v) is 10.7. The molecule has 0 radical (unpaired) electrons. The Morgan fingerprint density at radius 2 is 1.76 bits per heavy atom. The van der Waals surface area contributed by atoms with E-state index in [-0.39, 0.29) is 10.8 Å². The molecule has 0 aromatic carbocycles. The molecule has 0 spiro atoms. The van der Waals surface area contributed by atoms with Crippen molar-refractivity contribution in [2.75, 3.05) is 0 Å². The largest absolute Gasteiger partial charge is 0.390 e. The molecule has 0 bridgehead atoms. The van der Waals surface area contributed by atoms with E-state index in [4.69, 9.17) is 0 Å². The van der Waals surface area contributed by atoms with Gasteiger partial charge in [-0.05, 0) is 85.9 Å². The van der Waals surface area contributed by atoms with Gasteiger partial charge < -0.3 is 5.11 Å². The van der Waals surface area contributed by atoms with Crippen LogP contribution in [0.3, 0.4) is 0 Å². The molecule has 146 valence electrons. The molecule has 2 fully saturated rings. The fourth-order valence-corrected chi connectivity index (χ4v) is 6.77. The summed E-state index contributed by atoms with van der Waals surface area (Å²) in [5, 5.41) is 10.9. The minimum Gasteiger partial charge on any atom is -0.390 e. The SMILES string of the molecule is C=CC(C)(C)CCC1C(CC)CCC2C(C)(C)CC(C)(O)CCC12C. The Morgan fingerprint density at radius 3 is 2.32 bits per heavy atom. The highest BCUT2D eigenvalue weighted by atomic mass is 16.3. The second-order valence-corrected chi connectivity index (χ2v) is 11.3. The van der Waals surface area contributed by atoms with Crippen LogP contribution in [-0.4, -0.2) is 10.7 Å². The smallest absolute Gasteiger partial charge is 0.0625 e. The van der Waals surface area contributed by atoms with E-state index < -0.39 is 5.60 Å². The van der Waals surface area contributed by atoms with E-state index in [1.54, 1.807) is 0 Å². The van der Waals surface area contributed by atoms with Gasteiger partial charge in [0.05, 0.1) is 5.60 Å². The van der Waals surface area contributed by atoms with E-state index in [1.807, 2.05) is 0 Å². The molecule has 0 aromatic rings. The average molecular weight is 349 g/mol. The van der Waals surface area contributed by atoms with E-state index in [9.17, 15) is 5.11 Å². The van der Waals surface area contributed by atoms with Gasteiger partial charge in [-0.3, -0.25) is 0 Å².